The van der Waals surface area contributed by atoms with E-state index in [2.05, 4.69) is 15.0 Å². The Morgan fingerprint density at radius 3 is 2.67 bits per heavy atom. The molecule has 0 fully saturated rings. The van der Waals surface area contributed by atoms with Gasteiger partial charge in [0.15, 0.2) is 0 Å². The van der Waals surface area contributed by atoms with Crippen LogP contribution in [0.4, 0.5) is 0 Å². The van der Waals surface area contributed by atoms with Gasteiger partial charge in [-0.2, -0.15) is 0 Å². The molecule has 5 heteroatoms. The first-order valence-corrected chi connectivity index (χ1v) is 4.64. The molecule has 0 saturated heterocycles. The van der Waals surface area contributed by atoms with Crippen molar-refractivity contribution >= 4 is 11.6 Å². The van der Waals surface area contributed by atoms with E-state index in [0.717, 1.165) is 5.56 Å². The van der Waals surface area contributed by atoms with Gasteiger partial charge in [-0.15, -0.1) is 0 Å². The highest BCUT2D eigenvalue weighted by Crippen LogP contribution is 2.20. The maximum Gasteiger partial charge on any atom is 0.147 e. The Morgan fingerprint density at radius 1 is 1.13 bits per heavy atom. The summed E-state index contributed by atoms with van der Waals surface area (Å²) in [5, 5.41) is 0.370. The molecule has 0 amide bonds. The zero-order valence-corrected chi connectivity index (χ0v) is 8.77. The van der Waals surface area contributed by atoms with Crippen molar-refractivity contribution in [3.8, 4) is 17.0 Å². The van der Waals surface area contributed by atoms with Gasteiger partial charge in [-0.1, -0.05) is 11.6 Å². The minimum atomic E-state index is 0.370. The van der Waals surface area contributed by atoms with Crippen LogP contribution in [0.3, 0.4) is 0 Å². The summed E-state index contributed by atoms with van der Waals surface area (Å²) in [7, 11) is 1.59. The first-order chi connectivity index (χ1) is 7.29. The highest BCUT2D eigenvalue weighted by Gasteiger charge is 2.02. The van der Waals surface area contributed by atoms with Crippen LogP contribution in [-0.2, 0) is 0 Å². The number of hydrogen-bond acceptors (Lipinski definition) is 4. The molecular formula is C10H8ClN3O. The average molecular weight is 222 g/mol. The van der Waals surface area contributed by atoms with Crippen LogP contribution in [0.15, 0.2) is 30.9 Å². The van der Waals surface area contributed by atoms with Crippen molar-refractivity contribution in [1.29, 1.82) is 0 Å². The van der Waals surface area contributed by atoms with E-state index >= 15 is 0 Å². The van der Waals surface area contributed by atoms with E-state index in [1.807, 2.05) is 6.07 Å². The van der Waals surface area contributed by atoms with Gasteiger partial charge < -0.3 is 4.74 Å². The molecular weight excluding hydrogens is 214 g/mol. The largest absolute Gasteiger partial charge is 0.495 e. The van der Waals surface area contributed by atoms with Crippen LogP contribution in [0.5, 0.6) is 5.75 Å². The molecule has 2 rings (SSSR count). The van der Waals surface area contributed by atoms with E-state index in [1.54, 1.807) is 25.7 Å². The van der Waals surface area contributed by atoms with Crippen LogP contribution in [0.2, 0.25) is 5.15 Å². The van der Waals surface area contributed by atoms with Crippen molar-refractivity contribution in [1.82, 2.24) is 15.0 Å². The molecule has 0 aromatic carbocycles. The topological polar surface area (TPSA) is 47.9 Å². The van der Waals surface area contributed by atoms with E-state index in [0.29, 0.717) is 16.6 Å². The number of ether oxygens (including phenoxy) is 1. The first kappa shape index (κ1) is 9.86. The van der Waals surface area contributed by atoms with Gasteiger partial charge in [0, 0.05) is 11.8 Å². The molecule has 0 aliphatic carbocycles. The van der Waals surface area contributed by atoms with E-state index < -0.39 is 0 Å². The predicted octanol–water partition coefficient (Wildman–Crippen LogP) is 2.20. The molecule has 2 heterocycles. The molecule has 2 aromatic heterocycles. The van der Waals surface area contributed by atoms with Crippen LogP contribution in [-0.4, -0.2) is 22.1 Å². The van der Waals surface area contributed by atoms with Crippen LogP contribution in [0, 0.1) is 0 Å². The third-order valence-corrected chi connectivity index (χ3v) is 2.06. The lowest BCUT2D eigenvalue weighted by atomic mass is 10.2. The summed E-state index contributed by atoms with van der Waals surface area (Å²) >= 11 is 5.64. The molecule has 76 valence electrons. The normalized spacial score (nSPS) is 10.0. The van der Waals surface area contributed by atoms with Gasteiger partial charge in [-0.3, -0.25) is 9.97 Å². The number of pyridine rings is 1. The number of methoxy groups -OCH3 is 1. The lowest BCUT2D eigenvalue weighted by Crippen LogP contribution is -1.89. The second-order valence-corrected chi connectivity index (χ2v) is 3.23. The monoisotopic (exact) mass is 221 g/mol. The van der Waals surface area contributed by atoms with E-state index in [4.69, 9.17) is 16.3 Å². The van der Waals surface area contributed by atoms with Crippen molar-refractivity contribution in [3.05, 3.63) is 36.0 Å². The quantitative estimate of drug-likeness (QED) is 0.780. The summed E-state index contributed by atoms with van der Waals surface area (Å²) in [6, 6.07) is 1.84. The molecule has 0 aliphatic rings. The van der Waals surface area contributed by atoms with Crippen LogP contribution < -0.4 is 4.74 Å². The second-order valence-electron chi connectivity index (χ2n) is 2.84. The molecule has 0 N–H and O–H groups in total. The van der Waals surface area contributed by atoms with Crippen molar-refractivity contribution in [2.75, 3.05) is 7.11 Å². The zero-order chi connectivity index (χ0) is 10.7. The van der Waals surface area contributed by atoms with E-state index in [-0.39, 0.29) is 0 Å². The molecule has 15 heavy (non-hydrogen) atoms. The van der Waals surface area contributed by atoms with Gasteiger partial charge in [0.2, 0.25) is 0 Å². The summed E-state index contributed by atoms with van der Waals surface area (Å²) in [6.07, 6.45) is 6.42. The Morgan fingerprint density at radius 2 is 2.00 bits per heavy atom. The summed E-state index contributed by atoms with van der Waals surface area (Å²) in [5.74, 6) is 0.684. The molecule has 4 nitrogen and oxygen atoms in total. The number of halogens is 1. The fraction of sp³-hybridized carbons (Fsp3) is 0.100. The van der Waals surface area contributed by atoms with Crippen molar-refractivity contribution < 1.29 is 4.74 Å². The summed E-state index contributed by atoms with van der Waals surface area (Å²) in [5.41, 5.74) is 1.56. The maximum absolute atomic E-state index is 5.64. The van der Waals surface area contributed by atoms with Crippen molar-refractivity contribution in [2.45, 2.75) is 0 Å². The minimum absolute atomic E-state index is 0.370. The fourth-order valence-corrected chi connectivity index (χ4v) is 1.23. The average Bonchev–Trinajstić information content (AvgIpc) is 2.30. The predicted molar refractivity (Wildman–Crippen MR) is 56.8 cm³/mol. The molecule has 0 atom stereocenters. The van der Waals surface area contributed by atoms with Gasteiger partial charge in [0.25, 0.3) is 0 Å². The van der Waals surface area contributed by atoms with Gasteiger partial charge in [0.1, 0.15) is 10.9 Å². The minimum Gasteiger partial charge on any atom is -0.495 e. The standard InChI is InChI=1S/C10H8ClN3O/c1-15-8-2-7(3-12-4-8)9-5-14-10(11)6-13-9/h2-6H,1H3. The van der Waals surface area contributed by atoms with E-state index in [9.17, 15) is 0 Å². The Bertz CT molecular complexity index is 458. The van der Waals surface area contributed by atoms with Gasteiger partial charge >= 0.3 is 0 Å². The summed E-state index contributed by atoms with van der Waals surface area (Å²) < 4.78 is 5.06. The van der Waals surface area contributed by atoms with Crippen LogP contribution in [0.1, 0.15) is 0 Å². The number of nitrogens with zero attached hydrogens (tertiary/aromatic N) is 3. The number of hydrogen-bond donors (Lipinski definition) is 0. The second kappa shape index (κ2) is 4.23. The van der Waals surface area contributed by atoms with Gasteiger partial charge in [0.05, 0.1) is 31.4 Å². The zero-order valence-electron chi connectivity index (χ0n) is 8.01. The Hall–Kier alpha value is -1.68. The van der Waals surface area contributed by atoms with Crippen molar-refractivity contribution in [2.24, 2.45) is 0 Å². The first-order valence-electron chi connectivity index (χ1n) is 4.26. The lowest BCUT2D eigenvalue weighted by molar-refractivity contribution is 0.413. The highest BCUT2D eigenvalue weighted by molar-refractivity contribution is 6.29. The van der Waals surface area contributed by atoms with E-state index in [1.165, 1.54) is 6.20 Å². The van der Waals surface area contributed by atoms with Gasteiger partial charge in [-0.05, 0) is 6.07 Å². The lowest BCUT2D eigenvalue weighted by Gasteiger charge is -2.02. The summed E-state index contributed by atoms with van der Waals surface area (Å²) in [6.45, 7) is 0. The third-order valence-electron chi connectivity index (χ3n) is 1.86. The molecule has 2 aromatic rings. The Balaban J connectivity index is 2.40. The molecule has 0 saturated carbocycles. The molecule has 0 bridgehead atoms. The summed E-state index contributed by atoms with van der Waals surface area (Å²) in [4.78, 5) is 12.1. The molecule has 0 aliphatic heterocycles. The van der Waals surface area contributed by atoms with Crippen LogP contribution in [0.25, 0.3) is 11.3 Å². The van der Waals surface area contributed by atoms with Gasteiger partial charge in [-0.25, -0.2) is 4.98 Å². The SMILES string of the molecule is COc1cncc(-c2cnc(Cl)cn2)c1. The van der Waals surface area contributed by atoms with Crippen molar-refractivity contribution in [3.63, 3.8) is 0 Å². The molecule has 0 unspecified atom stereocenters. The third kappa shape index (κ3) is 2.22. The molecule has 0 spiro atoms. The fourth-order valence-electron chi connectivity index (χ4n) is 1.13. The Labute approximate surface area is 91.9 Å². The Kier molecular flexibility index (Phi) is 2.78. The molecule has 0 radical (unpaired) electrons. The maximum atomic E-state index is 5.64. The smallest absolute Gasteiger partial charge is 0.147 e. The highest BCUT2D eigenvalue weighted by atomic mass is 35.5. The number of rotatable bonds is 2. The van der Waals surface area contributed by atoms with Crippen LogP contribution >= 0.6 is 11.6 Å². The number of aromatic nitrogens is 3.